The zero-order valence-electron chi connectivity index (χ0n) is 15.0. The number of hydrogen-bond acceptors (Lipinski definition) is 11. The molecule has 0 aromatic carbocycles. The number of H-pyrrole nitrogens is 1. The summed E-state index contributed by atoms with van der Waals surface area (Å²) < 4.78 is 3.09. The van der Waals surface area contributed by atoms with Crippen molar-refractivity contribution in [2.75, 3.05) is 23.7 Å². The molecule has 2 heterocycles. The van der Waals surface area contributed by atoms with Crippen molar-refractivity contribution in [3.63, 3.8) is 0 Å². The molecule has 0 fully saturated rings. The summed E-state index contributed by atoms with van der Waals surface area (Å²) >= 11 is 6.05. The molecule has 5 N–H and O–H groups in total. The lowest BCUT2D eigenvalue weighted by Gasteiger charge is -2.16. The highest BCUT2D eigenvalue weighted by Gasteiger charge is 2.18. The third kappa shape index (κ3) is 5.76. The summed E-state index contributed by atoms with van der Waals surface area (Å²) in [6.45, 7) is 5.45. The number of rotatable bonds is 8. The van der Waals surface area contributed by atoms with Crippen LogP contribution in [0, 0.1) is 23.0 Å². The highest BCUT2D eigenvalue weighted by Crippen LogP contribution is 2.34. The molecule has 2 aromatic rings. The van der Waals surface area contributed by atoms with Gasteiger partial charge in [0, 0.05) is 18.7 Å². The highest BCUT2D eigenvalue weighted by molar-refractivity contribution is 7.71. The van der Waals surface area contributed by atoms with Gasteiger partial charge in [-0.25, -0.2) is 4.98 Å². The summed E-state index contributed by atoms with van der Waals surface area (Å²) in [6, 6.07) is 2.10. The van der Waals surface area contributed by atoms with Gasteiger partial charge in [0.25, 0.3) is 0 Å². The predicted octanol–water partition coefficient (Wildman–Crippen LogP) is 2.78. The number of nitrogens with zero attached hydrogens (tertiary/aromatic N) is 5. The number of aromatic amines is 1. The standard InChI is InChI=1S/C15H20N8O2S2/c1-7(24)5-17-12-10(4-16)9(3)11(13(19-12)18-6-8(2)25)21-22-15-20-14(26)23-27-15/h7-8,24-25H,5-6H2,1-3H3,(H,23,26)(H2,17,18,19). The van der Waals surface area contributed by atoms with E-state index in [1.165, 1.54) is 0 Å². The van der Waals surface area contributed by atoms with Crippen LogP contribution in [0.3, 0.4) is 0 Å². The summed E-state index contributed by atoms with van der Waals surface area (Å²) in [4.78, 5) is 8.40. The zero-order chi connectivity index (χ0) is 20.0. The number of azo groups is 1. The average molecular weight is 409 g/mol. The number of pyridine rings is 1. The van der Waals surface area contributed by atoms with Crippen molar-refractivity contribution in [3.05, 3.63) is 15.9 Å². The molecule has 0 saturated heterocycles. The van der Waals surface area contributed by atoms with Crippen molar-refractivity contribution in [3.8, 4) is 6.07 Å². The predicted molar refractivity (Wildman–Crippen MR) is 106 cm³/mol. The lowest BCUT2D eigenvalue weighted by molar-refractivity contribution is 0.208. The number of nitrogens with one attached hydrogen (secondary N) is 3. The van der Waals surface area contributed by atoms with Crippen LogP contribution in [0.4, 0.5) is 22.5 Å². The Morgan fingerprint density at radius 2 is 1.81 bits per heavy atom. The summed E-state index contributed by atoms with van der Waals surface area (Å²) in [5, 5.41) is 43.1. The lowest BCUT2D eigenvalue weighted by atomic mass is 10.1. The molecule has 2 atom stereocenters. The molecule has 2 rings (SSSR count). The molecule has 0 aliphatic carbocycles. The second kappa shape index (κ2) is 9.47. The van der Waals surface area contributed by atoms with Crippen LogP contribution in [0.2, 0.25) is 0 Å². The Morgan fingerprint density at radius 3 is 2.33 bits per heavy atom. The Bertz CT molecular complexity index is 914. The van der Waals surface area contributed by atoms with Gasteiger partial charge in [-0.15, -0.1) is 10.2 Å². The number of aromatic nitrogens is 3. The van der Waals surface area contributed by atoms with Crippen LogP contribution in [-0.2, 0) is 0 Å². The van der Waals surface area contributed by atoms with Crippen LogP contribution >= 0.6 is 23.8 Å². The van der Waals surface area contributed by atoms with Gasteiger partial charge in [-0.05, 0) is 44.5 Å². The first-order valence-electron chi connectivity index (χ1n) is 8.07. The summed E-state index contributed by atoms with van der Waals surface area (Å²) in [5.74, 6) is 0.668. The molecule has 0 aliphatic heterocycles. The smallest absolute Gasteiger partial charge is 0.248 e. The van der Waals surface area contributed by atoms with E-state index in [1.807, 2.05) is 0 Å². The highest BCUT2D eigenvalue weighted by atomic mass is 32.1. The molecule has 27 heavy (non-hydrogen) atoms. The number of aliphatic hydroxyl groups excluding tert-OH is 2. The largest absolute Gasteiger partial charge is 0.392 e. The van der Waals surface area contributed by atoms with Gasteiger partial charge in [0.1, 0.15) is 17.6 Å². The Balaban J connectivity index is 2.49. The second-order valence-corrected chi connectivity index (χ2v) is 6.99. The molecule has 0 saturated carbocycles. The molecular formula is C15H20N8O2S2. The van der Waals surface area contributed by atoms with Gasteiger partial charge in [0.2, 0.25) is 9.90 Å². The van der Waals surface area contributed by atoms with Crippen molar-refractivity contribution in [2.45, 2.75) is 33.0 Å². The topological polar surface area (TPSA) is 155 Å². The zero-order valence-corrected chi connectivity index (χ0v) is 16.6. The molecule has 0 aliphatic rings. The van der Waals surface area contributed by atoms with E-state index < -0.39 is 12.2 Å². The van der Waals surface area contributed by atoms with Gasteiger partial charge in [-0.3, -0.25) is 4.37 Å². The fourth-order valence-corrected chi connectivity index (χ4v) is 2.76. The quantitative estimate of drug-likeness (QED) is 0.330. The number of nitriles is 1. The first kappa shape index (κ1) is 20.8. The fourth-order valence-electron chi connectivity index (χ4n) is 2.05. The molecule has 0 bridgehead atoms. The van der Waals surface area contributed by atoms with Crippen molar-refractivity contribution in [2.24, 2.45) is 10.2 Å². The van der Waals surface area contributed by atoms with Gasteiger partial charge in [0.05, 0.1) is 17.8 Å². The van der Waals surface area contributed by atoms with E-state index in [1.54, 1.807) is 20.8 Å². The SMILES string of the molecule is Cc1c(C#N)c(NCC(C)O)nc(NCC(C)O)c1N=Nc1nc(=S)[nH]s1. The van der Waals surface area contributed by atoms with E-state index in [9.17, 15) is 15.5 Å². The number of aliphatic hydroxyl groups is 2. The molecule has 0 radical (unpaired) electrons. The van der Waals surface area contributed by atoms with E-state index in [2.05, 4.69) is 41.3 Å². The van der Waals surface area contributed by atoms with Gasteiger partial charge >= 0.3 is 0 Å². The van der Waals surface area contributed by atoms with Crippen LogP contribution in [-0.4, -0.2) is 49.9 Å². The van der Waals surface area contributed by atoms with E-state index >= 15 is 0 Å². The van der Waals surface area contributed by atoms with Crippen molar-refractivity contribution in [1.29, 1.82) is 5.26 Å². The molecule has 0 amide bonds. The Hall–Kier alpha value is -2.46. The maximum absolute atomic E-state index is 9.56. The average Bonchev–Trinajstić information content (AvgIpc) is 3.02. The van der Waals surface area contributed by atoms with Gasteiger partial charge < -0.3 is 20.8 Å². The summed E-state index contributed by atoms with van der Waals surface area (Å²) in [5.41, 5.74) is 1.20. The van der Waals surface area contributed by atoms with Crippen LogP contribution in [0.5, 0.6) is 0 Å². The van der Waals surface area contributed by atoms with Crippen LogP contribution in [0.15, 0.2) is 10.2 Å². The minimum Gasteiger partial charge on any atom is -0.392 e. The van der Waals surface area contributed by atoms with Crippen LogP contribution in [0.1, 0.15) is 25.0 Å². The van der Waals surface area contributed by atoms with E-state index in [0.29, 0.717) is 38.4 Å². The first-order chi connectivity index (χ1) is 12.8. The lowest BCUT2D eigenvalue weighted by Crippen LogP contribution is -2.19. The van der Waals surface area contributed by atoms with E-state index in [-0.39, 0.29) is 13.1 Å². The van der Waals surface area contributed by atoms with E-state index in [0.717, 1.165) is 11.5 Å². The third-order valence-corrected chi connectivity index (χ3v) is 4.29. The Morgan fingerprint density at radius 1 is 1.19 bits per heavy atom. The van der Waals surface area contributed by atoms with Crippen molar-refractivity contribution in [1.82, 2.24) is 14.3 Å². The molecular weight excluding hydrogens is 388 g/mol. The molecule has 0 spiro atoms. The molecule has 2 aromatic heterocycles. The monoisotopic (exact) mass is 408 g/mol. The van der Waals surface area contributed by atoms with Gasteiger partial charge in [-0.1, -0.05) is 0 Å². The second-order valence-electron chi connectivity index (χ2n) is 5.83. The molecule has 2 unspecified atom stereocenters. The van der Waals surface area contributed by atoms with Crippen LogP contribution in [0.25, 0.3) is 0 Å². The first-order valence-corrected chi connectivity index (χ1v) is 9.30. The minimum atomic E-state index is -0.613. The molecule has 10 nitrogen and oxygen atoms in total. The molecule has 144 valence electrons. The van der Waals surface area contributed by atoms with Crippen molar-refractivity contribution >= 4 is 46.2 Å². The van der Waals surface area contributed by atoms with E-state index in [4.69, 9.17) is 12.2 Å². The van der Waals surface area contributed by atoms with Gasteiger partial charge in [0.15, 0.2) is 5.82 Å². The summed E-state index contributed by atoms with van der Waals surface area (Å²) in [7, 11) is 0. The van der Waals surface area contributed by atoms with Crippen LogP contribution < -0.4 is 10.6 Å². The van der Waals surface area contributed by atoms with Crippen molar-refractivity contribution < 1.29 is 10.2 Å². The maximum Gasteiger partial charge on any atom is 0.248 e. The normalized spacial score (nSPS) is 13.3. The molecule has 12 heteroatoms. The minimum absolute atomic E-state index is 0.231. The van der Waals surface area contributed by atoms with Gasteiger partial charge in [-0.2, -0.15) is 10.2 Å². The Labute approximate surface area is 165 Å². The number of hydrogen-bond donors (Lipinski definition) is 5. The third-order valence-electron chi connectivity index (χ3n) is 3.32. The number of anilines is 2. The fraction of sp³-hybridized carbons (Fsp3) is 0.467. The summed E-state index contributed by atoms with van der Waals surface area (Å²) in [6.07, 6.45) is -1.22. The Kier molecular flexibility index (Phi) is 7.31. The maximum atomic E-state index is 9.56.